The SMILES string of the molecule is CCN(CC)CCc1nc(-c2cccc(N)c2)n[nH]1. The first-order valence-corrected chi connectivity index (χ1v) is 6.72. The second-order valence-electron chi connectivity index (χ2n) is 4.51. The Kier molecular flexibility index (Phi) is 4.52. The lowest BCUT2D eigenvalue weighted by molar-refractivity contribution is 0.306. The molecule has 0 amide bonds. The number of nitrogens with one attached hydrogen (secondary N) is 1. The van der Waals surface area contributed by atoms with E-state index >= 15 is 0 Å². The van der Waals surface area contributed by atoms with Crippen LogP contribution in [0.15, 0.2) is 24.3 Å². The number of rotatable bonds is 6. The second-order valence-corrected chi connectivity index (χ2v) is 4.51. The summed E-state index contributed by atoms with van der Waals surface area (Å²) in [6.07, 6.45) is 0.886. The van der Waals surface area contributed by atoms with Crippen LogP contribution >= 0.6 is 0 Å². The highest BCUT2D eigenvalue weighted by atomic mass is 15.2. The van der Waals surface area contributed by atoms with Gasteiger partial charge in [-0.15, -0.1) is 0 Å². The van der Waals surface area contributed by atoms with Crippen LogP contribution in [0.1, 0.15) is 19.7 Å². The number of hydrogen-bond acceptors (Lipinski definition) is 4. The molecular formula is C14H21N5. The van der Waals surface area contributed by atoms with Crippen LogP contribution in [-0.2, 0) is 6.42 Å². The Morgan fingerprint density at radius 1 is 1.26 bits per heavy atom. The second kappa shape index (κ2) is 6.33. The fraction of sp³-hybridized carbons (Fsp3) is 0.429. The van der Waals surface area contributed by atoms with E-state index < -0.39 is 0 Å². The van der Waals surface area contributed by atoms with Gasteiger partial charge >= 0.3 is 0 Å². The average Bonchev–Trinajstić information content (AvgIpc) is 2.89. The Bertz CT molecular complexity index is 516. The van der Waals surface area contributed by atoms with Gasteiger partial charge in [0, 0.05) is 24.2 Å². The van der Waals surface area contributed by atoms with E-state index in [4.69, 9.17) is 5.73 Å². The summed E-state index contributed by atoms with van der Waals surface area (Å²) in [5, 5.41) is 7.25. The Morgan fingerprint density at radius 3 is 2.74 bits per heavy atom. The molecular weight excluding hydrogens is 238 g/mol. The van der Waals surface area contributed by atoms with Crippen LogP contribution in [0.2, 0.25) is 0 Å². The Morgan fingerprint density at radius 2 is 2.05 bits per heavy atom. The van der Waals surface area contributed by atoms with Crippen molar-refractivity contribution in [1.29, 1.82) is 0 Å². The first-order valence-electron chi connectivity index (χ1n) is 6.72. The van der Waals surface area contributed by atoms with Crippen molar-refractivity contribution in [2.75, 3.05) is 25.4 Å². The van der Waals surface area contributed by atoms with Crippen LogP contribution in [0.3, 0.4) is 0 Å². The van der Waals surface area contributed by atoms with E-state index in [0.717, 1.165) is 43.1 Å². The Hall–Kier alpha value is -1.88. The molecule has 1 aromatic carbocycles. The third kappa shape index (κ3) is 3.54. The minimum atomic E-state index is 0.710. The van der Waals surface area contributed by atoms with Gasteiger partial charge in [-0.25, -0.2) is 4.98 Å². The molecule has 0 fully saturated rings. The highest BCUT2D eigenvalue weighted by molar-refractivity contribution is 5.60. The number of nitrogen functional groups attached to an aromatic ring is 1. The highest BCUT2D eigenvalue weighted by Crippen LogP contribution is 2.17. The molecule has 5 nitrogen and oxygen atoms in total. The van der Waals surface area contributed by atoms with Crippen LogP contribution in [0.25, 0.3) is 11.4 Å². The predicted molar refractivity (Wildman–Crippen MR) is 77.7 cm³/mol. The molecule has 0 atom stereocenters. The summed E-state index contributed by atoms with van der Waals surface area (Å²) in [7, 11) is 0. The first kappa shape index (κ1) is 13.5. The predicted octanol–water partition coefficient (Wildman–Crippen LogP) is 1.94. The van der Waals surface area contributed by atoms with Crippen molar-refractivity contribution >= 4 is 5.69 Å². The summed E-state index contributed by atoms with van der Waals surface area (Å²) in [4.78, 5) is 6.88. The zero-order chi connectivity index (χ0) is 13.7. The topological polar surface area (TPSA) is 70.8 Å². The van der Waals surface area contributed by atoms with Crippen LogP contribution < -0.4 is 5.73 Å². The van der Waals surface area contributed by atoms with Gasteiger partial charge in [0.1, 0.15) is 5.82 Å². The molecule has 0 saturated carbocycles. The van der Waals surface area contributed by atoms with E-state index in [0.29, 0.717) is 5.82 Å². The highest BCUT2D eigenvalue weighted by Gasteiger charge is 2.07. The van der Waals surface area contributed by atoms with Gasteiger partial charge in [-0.2, -0.15) is 5.10 Å². The van der Waals surface area contributed by atoms with Crippen molar-refractivity contribution in [1.82, 2.24) is 20.1 Å². The van der Waals surface area contributed by atoms with Crippen molar-refractivity contribution in [2.45, 2.75) is 20.3 Å². The summed E-state index contributed by atoms with van der Waals surface area (Å²) >= 11 is 0. The number of hydrogen-bond donors (Lipinski definition) is 2. The Labute approximate surface area is 113 Å². The monoisotopic (exact) mass is 259 g/mol. The largest absolute Gasteiger partial charge is 0.399 e. The molecule has 5 heteroatoms. The van der Waals surface area contributed by atoms with Crippen LogP contribution in [0.5, 0.6) is 0 Å². The molecule has 0 spiro atoms. The molecule has 0 aliphatic heterocycles. The standard InChI is InChI=1S/C14H21N5/c1-3-19(4-2)9-8-13-16-14(18-17-13)11-6-5-7-12(15)10-11/h5-7,10H,3-4,8-9,15H2,1-2H3,(H,16,17,18). The number of nitrogens with two attached hydrogens (primary N) is 1. The van der Waals surface area contributed by atoms with Gasteiger partial charge in [0.05, 0.1) is 0 Å². The van der Waals surface area contributed by atoms with E-state index in [1.807, 2.05) is 24.3 Å². The number of aromatic nitrogens is 3. The van der Waals surface area contributed by atoms with Crippen LogP contribution in [-0.4, -0.2) is 39.7 Å². The summed E-state index contributed by atoms with van der Waals surface area (Å²) in [6.45, 7) is 7.46. The normalized spacial score (nSPS) is 11.1. The van der Waals surface area contributed by atoms with Crippen molar-refractivity contribution in [3.63, 3.8) is 0 Å². The minimum absolute atomic E-state index is 0.710. The van der Waals surface area contributed by atoms with E-state index in [2.05, 4.69) is 33.9 Å². The molecule has 1 aromatic heterocycles. The zero-order valence-corrected chi connectivity index (χ0v) is 11.6. The van der Waals surface area contributed by atoms with E-state index in [1.165, 1.54) is 0 Å². The summed E-state index contributed by atoms with van der Waals surface area (Å²) in [5.41, 5.74) is 7.44. The molecule has 0 bridgehead atoms. The summed E-state index contributed by atoms with van der Waals surface area (Å²) < 4.78 is 0. The van der Waals surface area contributed by atoms with E-state index in [-0.39, 0.29) is 0 Å². The number of benzene rings is 1. The van der Waals surface area contributed by atoms with Gasteiger partial charge in [0.2, 0.25) is 0 Å². The molecule has 2 rings (SSSR count). The summed E-state index contributed by atoms with van der Waals surface area (Å²) in [5.74, 6) is 1.63. The maximum atomic E-state index is 5.76. The van der Waals surface area contributed by atoms with E-state index in [9.17, 15) is 0 Å². The van der Waals surface area contributed by atoms with Gasteiger partial charge in [-0.3, -0.25) is 5.10 Å². The van der Waals surface area contributed by atoms with Gasteiger partial charge in [-0.05, 0) is 25.2 Å². The maximum Gasteiger partial charge on any atom is 0.181 e. The third-order valence-corrected chi connectivity index (χ3v) is 3.24. The van der Waals surface area contributed by atoms with Gasteiger partial charge in [-0.1, -0.05) is 26.0 Å². The number of nitrogens with zero attached hydrogens (tertiary/aromatic N) is 3. The smallest absolute Gasteiger partial charge is 0.181 e. The first-order chi connectivity index (χ1) is 9.22. The molecule has 0 saturated heterocycles. The fourth-order valence-electron chi connectivity index (χ4n) is 2.02. The molecule has 0 radical (unpaired) electrons. The Balaban J connectivity index is 2.03. The van der Waals surface area contributed by atoms with Crippen LogP contribution in [0, 0.1) is 0 Å². The average molecular weight is 259 g/mol. The van der Waals surface area contributed by atoms with Gasteiger partial charge < -0.3 is 10.6 Å². The molecule has 19 heavy (non-hydrogen) atoms. The number of anilines is 1. The number of likely N-dealkylation sites (N-methyl/N-ethyl adjacent to an activating group) is 1. The van der Waals surface area contributed by atoms with Crippen molar-refractivity contribution < 1.29 is 0 Å². The number of H-pyrrole nitrogens is 1. The fourth-order valence-corrected chi connectivity index (χ4v) is 2.02. The van der Waals surface area contributed by atoms with Gasteiger partial charge in [0.15, 0.2) is 5.82 Å². The molecule has 0 aliphatic carbocycles. The quantitative estimate of drug-likeness (QED) is 0.778. The molecule has 0 aliphatic rings. The lowest BCUT2D eigenvalue weighted by atomic mass is 10.2. The minimum Gasteiger partial charge on any atom is -0.399 e. The lowest BCUT2D eigenvalue weighted by Gasteiger charge is -2.16. The van der Waals surface area contributed by atoms with Crippen molar-refractivity contribution in [3.8, 4) is 11.4 Å². The van der Waals surface area contributed by atoms with E-state index in [1.54, 1.807) is 0 Å². The molecule has 0 unspecified atom stereocenters. The lowest BCUT2D eigenvalue weighted by Crippen LogP contribution is -2.25. The summed E-state index contributed by atoms with van der Waals surface area (Å²) in [6, 6.07) is 7.62. The zero-order valence-electron chi connectivity index (χ0n) is 11.6. The van der Waals surface area contributed by atoms with Crippen molar-refractivity contribution in [3.05, 3.63) is 30.1 Å². The molecule has 2 aromatic rings. The van der Waals surface area contributed by atoms with Gasteiger partial charge in [0.25, 0.3) is 0 Å². The third-order valence-electron chi connectivity index (χ3n) is 3.24. The molecule has 1 heterocycles. The molecule has 102 valence electrons. The number of aromatic amines is 1. The molecule has 3 N–H and O–H groups in total. The van der Waals surface area contributed by atoms with Crippen molar-refractivity contribution in [2.24, 2.45) is 0 Å². The maximum absolute atomic E-state index is 5.76. The van der Waals surface area contributed by atoms with Crippen LogP contribution in [0.4, 0.5) is 5.69 Å².